The Balaban J connectivity index is 0.00000422. The molecule has 57 heavy (non-hydrogen) atoms. The van der Waals surface area contributed by atoms with Gasteiger partial charge < -0.3 is 9.97 Å². The Morgan fingerprint density at radius 3 is 0.947 bits per heavy atom. The van der Waals surface area contributed by atoms with Crippen LogP contribution >= 0.6 is 0 Å². The summed E-state index contributed by atoms with van der Waals surface area (Å²) in [6.07, 6.45) is 3.90. The van der Waals surface area contributed by atoms with Crippen LogP contribution < -0.4 is 9.97 Å². The molecule has 0 spiro atoms. The summed E-state index contributed by atoms with van der Waals surface area (Å²) in [5, 5.41) is 0. The normalized spacial score (nSPS) is 11.6. The molecule has 0 unspecified atom stereocenters. The number of aromatic nitrogens is 4. The molecule has 4 nitrogen and oxygen atoms in total. The smallest absolute Gasteiger partial charge is 0.657 e. The zero-order chi connectivity index (χ0) is 37.9. The number of fused-ring (bicyclic) bond motifs is 11. The van der Waals surface area contributed by atoms with Crippen LogP contribution in [0.25, 0.3) is 101 Å². The van der Waals surface area contributed by atoms with E-state index in [0.717, 1.165) is 22.3 Å². The van der Waals surface area contributed by atoms with E-state index in [0.29, 0.717) is 55.7 Å². The van der Waals surface area contributed by atoms with Gasteiger partial charge in [0, 0.05) is 0 Å². The molecule has 2 aliphatic rings. The fraction of sp³-hybridized carbons (Fsp3) is 0. The first-order valence-corrected chi connectivity index (χ1v) is 17.9. The van der Waals surface area contributed by atoms with Crippen molar-refractivity contribution in [3.63, 3.8) is 0 Å². The van der Waals surface area contributed by atoms with Crippen molar-refractivity contribution < 1.29 is 34.1 Å². The van der Waals surface area contributed by atoms with Crippen molar-refractivity contribution in [2.24, 2.45) is 0 Å². The molecular weight excluding hydrogens is 767 g/mol. The maximum atomic E-state index is 16.5. The van der Waals surface area contributed by atoms with E-state index >= 15 is 17.6 Å². The summed E-state index contributed by atoms with van der Waals surface area (Å²) in [6, 6.07) is 44.7. The SMILES string of the molecule is Fc1c(F)c(F)c2c(c1F)-c1nc-2c(-c2ccccc2)c2ccc([n-]2)c(-c2ccccc2)c2nc(c(-c3ccccc3)c3ccc([n-]3)c1-c1ccccc1)C=C2.[Ni+2]. The standard InChI is InChI=1S/C48H26F4N4.Ni/c49-43-41-42(44(50)46(52)45(43)51)48-40(30-19-11-4-12-20-30)36-26-24-34(55-36)38(28-15-7-2-8-16-28)32-22-21-31(53-32)37(27-13-5-1-6-14-27)33-23-25-35(54-33)39(47(41)56-48)29-17-9-3-10-18-29;/h1-26H;/q-2;+2. The topological polar surface area (TPSA) is 54.0 Å². The first-order chi connectivity index (χ1) is 27.5. The summed E-state index contributed by atoms with van der Waals surface area (Å²) in [5.41, 5.74) is 6.84. The van der Waals surface area contributed by atoms with E-state index in [9.17, 15) is 0 Å². The van der Waals surface area contributed by atoms with Crippen molar-refractivity contribution in [1.29, 1.82) is 0 Å². The predicted octanol–water partition coefficient (Wildman–Crippen LogP) is 12.3. The molecule has 5 aromatic carbocycles. The Bertz CT molecular complexity index is 2850. The molecule has 9 heteroatoms. The second-order valence-corrected chi connectivity index (χ2v) is 13.4. The zero-order valence-corrected chi connectivity index (χ0v) is 30.6. The van der Waals surface area contributed by atoms with Crippen LogP contribution in [0.3, 0.4) is 0 Å². The van der Waals surface area contributed by atoms with E-state index in [-0.39, 0.29) is 27.9 Å². The molecule has 10 rings (SSSR count). The number of hydrogen-bond donors (Lipinski definition) is 0. The third-order valence-electron chi connectivity index (χ3n) is 10.1. The summed E-state index contributed by atoms with van der Waals surface area (Å²) in [5.74, 6) is -6.98. The Labute approximate surface area is 334 Å². The van der Waals surface area contributed by atoms with Crippen molar-refractivity contribution in [3.8, 4) is 67.0 Å². The maximum absolute atomic E-state index is 16.5. The van der Waals surface area contributed by atoms with Gasteiger partial charge in [0.1, 0.15) is 0 Å². The molecule has 0 saturated heterocycles. The molecule has 0 atom stereocenters. The van der Waals surface area contributed by atoms with Gasteiger partial charge in [-0.2, -0.15) is 0 Å². The van der Waals surface area contributed by atoms with Crippen molar-refractivity contribution in [1.82, 2.24) is 19.9 Å². The number of halogens is 4. The van der Waals surface area contributed by atoms with E-state index in [1.807, 2.05) is 97.1 Å². The molecule has 0 N–H and O–H groups in total. The fourth-order valence-corrected chi connectivity index (χ4v) is 7.67. The number of hydrogen-bond acceptors (Lipinski definition) is 2. The van der Waals surface area contributed by atoms with E-state index < -0.39 is 34.4 Å². The molecular formula is C48H26F4N4Ni. The maximum Gasteiger partial charge on any atom is 2.00 e. The summed E-state index contributed by atoms with van der Waals surface area (Å²) < 4.78 is 63.8. The van der Waals surface area contributed by atoms with Crippen LogP contribution in [0.1, 0.15) is 11.4 Å². The van der Waals surface area contributed by atoms with E-state index in [1.54, 1.807) is 60.7 Å². The molecule has 0 fully saturated rings. The van der Waals surface area contributed by atoms with E-state index in [2.05, 4.69) is 0 Å². The average Bonchev–Trinajstić information content (AvgIpc) is 4.08. The van der Waals surface area contributed by atoms with Crippen molar-refractivity contribution >= 4 is 34.2 Å². The van der Waals surface area contributed by atoms with Crippen LogP contribution in [0.4, 0.5) is 17.6 Å². The average molecular weight is 793 g/mol. The van der Waals surface area contributed by atoms with Crippen LogP contribution in [0.15, 0.2) is 146 Å². The molecule has 8 aromatic rings. The van der Waals surface area contributed by atoms with Gasteiger partial charge in [-0.3, -0.25) is 0 Å². The zero-order valence-electron chi connectivity index (χ0n) is 29.6. The third-order valence-corrected chi connectivity index (χ3v) is 10.1. The van der Waals surface area contributed by atoms with Crippen LogP contribution in [-0.4, -0.2) is 9.97 Å². The minimum Gasteiger partial charge on any atom is -0.657 e. The predicted molar refractivity (Wildman–Crippen MR) is 214 cm³/mol. The first-order valence-electron chi connectivity index (χ1n) is 17.9. The molecule has 0 radical (unpaired) electrons. The Hall–Kier alpha value is -6.83. The minimum atomic E-state index is -1.93. The van der Waals surface area contributed by atoms with Gasteiger partial charge in [-0.1, -0.05) is 146 Å². The van der Waals surface area contributed by atoms with Crippen LogP contribution in [-0.2, 0) is 16.5 Å². The van der Waals surface area contributed by atoms with Crippen LogP contribution in [0.2, 0.25) is 0 Å². The van der Waals surface area contributed by atoms with Crippen LogP contribution in [0, 0.1) is 23.3 Å². The summed E-state index contributed by atoms with van der Waals surface area (Å²) in [6.45, 7) is 0. The molecule has 8 bridgehead atoms. The summed E-state index contributed by atoms with van der Waals surface area (Å²) >= 11 is 0. The minimum absolute atomic E-state index is 0. The summed E-state index contributed by atoms with van der Waals surface area (Å²) in [7, 11) is 0. The Kier molecular flexibility index (Phi) is 9.03. The number of benzene rings is 5. The molecule has 5 heterocycles. The first kappa shape index (κ1) is 35.8. The molecule has 0 aliphatic carbocycles. The number of rotatable bonds is 4. The van der Waals surface area contributed by atoms with E-state index in [4.69, 9.17) is 19.9 Å². The molecule has 0 saturated carbocycles. The fourth-order valence-electron chi connectivity index (χ4n) is 7.67. The van der Waals surface area contributed by atoms with Crippen LogP contribution in [0.5, 0.6) is 0 Å². The third kappa shape index (κ3) is 5.90. The van der Waals surface area contributed by atoms with E-state index in [1.165, 1.54) is 0 Å². The van der Waals surface area contributed by atoms with Gasteiger partial charge in [0.2, 0.25) is 0 Å². The van der Waals surface area contributed by atoms with Crippen molar-refractivity contribution in [2.75, 3.05) is 0 Å². The van der Waals surface area contributed by atoms with Crippen molar-refractivity contribution in [3.05, 3.63) is 180 Å². The largest absolute Gasteiger partial charge is 2.00 e. The monoisotopic (exact) mass is 792 g/mol. The van der Waals surface area contributed by atoms with Gasteiger partial charge in [-0.15, -0.1) is 22.1 Å². The van der Waals surface area contributed by atoms with Gasteiger partial charge in [0.15, 0.2) is 23.3 Å². The summed E-state index contributed by atoms with van der Waals surface area (Å²) in [4.78, 5) is 20.4. The van der Waals surface area contributed by atoms with Gasteiger partial charge >= 0.3 is 16.5 Å². The second kappa shape index (κ2) is 14.4. The van der Waals surface area contributed by atoms with Gasteiger partial charge in [0.05, 0.1) is 33.9 Å². The van der Waals surface area contributed by atoms with Gasteiger partial charge in [0.25, 0.3) is 0 Å². The Morgan fingerprint density at radius 2 is 0.614 bits per heavy atom. The molecule has 3 aromatic heterocycles. The Morgan fingerprint density at radius 1 is 0.316 bits per heavy atom. The number of nitrogens with zero attached hydrogens (tertiary/aromatic N) is 4. The second-order valence-electron chi connectivity index (χ2n) is 13.4. The molecule has 276 valence electrons. The molecule has 0 amide bonds. The van der Waals surface area contributed by atoms with Gasteiger partial charge in [-0.05, 0) is 56.7 Å². The van der Waals surface area contributed by atoms with Gasteiger partial charge in [-0.25, -0.2) is 27.5 Å². The quantitative estimate of drug-likeness (QED) is 0.0771. The van der Waals surface area contributed by atoms with Crippen molar-refractivity contribution in [2.45, 2.75) is 0 Å². The molecule has 2 aliphatic heterocycles.